The molecule has 1 aromatic carbocycles. The van der Waals surface area contributed by atoms with Gasteiger partial charge < -0.3 is 68.5 Å². The molecule has 1 fully saturated rings. The summed E-state index contributed by atoms with van der Waals surface area (Å²) in [4.78, 5) is 69.0. The lowest BCUT2D eigenvalue weighted by molar-refractivity contribution is -0.0303. The second-order valence-corrected chi connectivity index (χ2v) is 9.40. The van der Waals surface area contributed by atoms with E-state index in [4.69, 9.17) is 72.0 Å². The van der Waals surface area contributed by atoms with Crippen LogP contribution in [0.5, 0.6) is 0 Å². The molecule has 0 unspecified atom stereocenters. The third-order valence-corrected chi connectivity index (χ3v) is 3.35. The van der Waals surface area contributed by atoms with Crippen LogP contribution < -0.4 is 0 Å². The van der Waals surface area contributed by atoms with Crippen molar-refractivity contribution in [3.8, 4) is 0 Å². The fraction of sp³-hybridized carbons (Fsp3) is 0.462. The zero-order chi connectivity index (χ0) is 27.1. The molecule has 1 aromatic heterocycles. The second kappa shape index (κ2) is 13.2. The molecule has 1 aliphatic rings. The number of benzene rings is 1. The van der Waals surface area contributed by atoms with Gasteiger partial charge in [-0.05, 0) is 24.6 Å². The van der Waals surface area contributed by atoms with Crippen LogP contribution in [0.2, 0.25) is 0 Å². The normalized spacial score (nSPS) is 22.6. The van der Waals surface area contributed by atoms with Crippen LogP contribution in [-0.2, 0) is 18.4 Å². The van der Waals surface area contributed by atoms with Crippen LogP contribution in [0.4, 0.5) is 0 Å². The molecule has 0 saturated carbocycles. The molecular weight excluding hydrogens is 535 g/mol. The molecule has 12 N–H and O–H groups in total. The molecule has 4 atom stereocenters. The predicted octanol–water partition coefficient (Wildman–Crippen LogP) is -2.50. The second-order valence-electron chi connectivity index (χ2n) is 6.32. The van der Waals surface area contributed by atoms with Crippen molar-refractivity contribution < 1.29 is 82.2 Å². The van der Waals surface area contributed by atoms with E-state index in [1.807, 2.05) is 19.1 Å². The lowest BCUT2D eigenvalue weighted by atomic mass is 10.1. The van der Waals surface area contributed by atoms with Gasteiger partial charge in [-0.15, -0.1) is 0 Å². The molecule has 0 spiro atoms. The quantitative estimate of drug-likeness (QED) is 0.169. The summed E-state index contributed by atoms with van der Waals surface area (Å²) in [7, 11) is -13.9. The van der Waals surface area contributed by atoms with Gasteiger partial charge >= 0.3 is 23.5 Å². The van der Waals surface area contributed by atoms with Gasteiger partial charge in [-0.2, -0.15) is 0 Å². The van der Waals surface area contributed by atoms with Crippen molar-refractivity contribution in [2.45, 2.75) is 31.3 Å². The Hall–Kier alpha value is -1.14. The first-order valence-electron chi connectivity index (χ1n) is 8.44. The first-order chi connectivity index (χ1) is 15.1. The molecule has 0 amide bonds. The Morgan fingerprint density at radius 3 is 1.68 bits per heavy atom. The SMILES string of the molecule is Cc1ccc2oc([C@@H]3O[C@H](CO)[C@@H](O)[C@H]3O)nc2c1.O=P(O)(O)O.O=P(O)(O)O.O=P(O)(O)O. The average molecular weight is 559 g/mol. The van der Waals surface area contributed by atoms with E-state index in [1.165, 1.54) is 0 Å². The summed E-state index contributed by atoms with van der Waals surface area (Å²) in [6, 6.07) is 5.56. The summed E-state index contributed by atoms with van der Waals surface area (Å²) in [5.41, 5.74) is 2.32. The van der Waals surface area contributed by atoms with Crippen molar-refractivity contribution >= 4 is 34.6 Å². The van der Waals surface area contributed by atoms with Crippen molar-refractivity contribution in [3.63, 3.8) is 0 Å². The first-order valence-corrected chi connectivity index (χ1v) is 13.1. The Morgan fingerprint density at radius 1 is 0.853 bits per heavy atom. The van der Waals surface area contributed by atoms with Crippen LogP contribution in [0.15, 0.2) is 22.6 Å². The summed E-state index contributed by atoms with van der Waals surface area (Å²) in [6.45, 7) is 1.58. The summed E-state index contributed by atoms with van der Waals surface area (Å²) < 4.78 is 37.6. The van der Waals surface area contributed by atoms with Gasteiger partial charge in [0, 0.05) is 0 Å². The smallest absolute Gasteiger partial charge is 0.438 e. The van der Waals surface area contributed by atoms with Crippen molar-refractivity contribution in [3.05, 3.63) is 29.7 Å². The molecule has 1 saturated heterocycles. The molecule has 0 aliphatic carbocycles. The summed E-state index contributed by atoms with van der Waals surface area (Å²) in [6.07, 6.45) is -3.99. The van der Waals surface area contributed by atoms with E-state index in [0.29, 0.717) is 11.1 Å². The summed E-state index contributed by atoms with van der Waals surface area (Å²) in [5, 5.41) is 28.7. The fourth-order valence-corrected chi connectivity index (χ4v) is 2.28. The van der Waals surface area contributed by atoms with Gasteiger partial charge in [0.25, 0.3) is 0 Å². The molecule has 18 nitrogen and oxygen atoms in total. The molecule has 2 aromatic rings. The van der Waals surface area contributed by atoms with Gasteiger partial charge in [0.05, 0.1) is 6.61 Å². The number of ether oxygens (including phenoxy) is 1. The zero-order valence-corrected chi connectivity index (χ0v) is 19.6. The minimum atomic E-state index is -4.64. The van der Waals surface area contributed by atoms with Gasteiger partial charge in [-0.1, -0.05) is 6.07 Å². The Labute approximate surface area is 190 Å². The number of hydrogen-bond donors (Lipinski definition) is 12. The Morgan fingerprint density at radius 2 is 1.29 bits per heavy atom. The average Bonchev–Trinajstić information content (AvgIpc) is 3.11. The molecule has 2 heterocycles. The van der Waals surface area contributed by atoms with Crippen LogP contribution in [-0.4, -0.2) is 89.3 Å². The van der Waals surface area contributed by atoms with Gasteiger partial charge in [-0.25, -0.2) is 18.7 Å². The van der Waals surface area contributed by atoms with Crippen molar-refractivity contribution in [2.24, 2.45) is 0 Å². The van der Waals surface area contributed by atoms with Crippen LogP contribution in [0.3, 0.4) is 0 Å². The first kappa shape index (κ1) is 32.9. The number of aromatic nitrogens is 1. The largest absolute Gasteiger partial charge is 0.466 e. The van der Waals surface area contributed by atoms with E-state index in [9.17, 15) is 10.2 Å². The number of phosphoric acid groups is 3. The number of aryl methyl sites for hydroxylation is 1. The lowest BCUT2D eigenvalue weighted by Gasteiger charge is -2.10. The zero-order valence-electron chi connectivity index (χ0n) is 16.9. The highest BCUT2D eigenvalue weighted by atomic mass is 31.2. The maximum absolute atomic E-state index is 9.91. The van der Waals surface area contributed by atoms with Crippen molar-refractivity contribution in [1.82, 2.24) is 4.98 Å². The Balaban J connectivity index is 0.000000599. The topological polar surface area (TPSA) is 329 Å². The van der Waals surface area contributed by atoms with E-state index in [-0.39, 0.29) is 12.5 Å². The molecule has 21 heteroatoms. The molecule has 34 heavy (non-hydrogen) atoms. The highest BCUT2D eigenvalue weighted by molar-refractivity contribution is 7.45. The van der Waals surface area contributed by atoms with Crippen LogP contribution in [0.1, 0.15) is 17.6 Å². The maximum Gasteiger partial charge on any atom is 0.466 e. The highest BCUT2D eigenvalue weighted by Gasteiger charge is 2.45. The molecule has 3 rings (SSSR count). The Bertz CT molecular complexity index is 968. The van der Waals surface area contributed by atoms with Gasteiger partial charge in [0.1, 0.15) is 23.8 Å². The number of oxazole rings is 1. The number of aliphatic hydroxyl groups is 3. The number of aliphatic hydroxyl groups excluding tert-OH is 3. The van der Waals surface area contributed by atoms with Crippen LogP contribution in [0.25, 0.3) is 11.1 Å². The van der Waals surface area contributed by atoms with E-state index in [1.54, 1.807) is 6.07 Å². The lowest BCUT2D eigenvalue weighted by Crippen LogP contribution is -2.32. The monoisotopic (exact) mass is 559 g/mol. The summed E-state index contributed by atoms with van der Waals surface area (Å²) in [5.74, 6) is 0.211. The van der Waals surface area contributed by atoms with Crippen LogP contribution >= 0.6 is 23.5 Å². The number of nitrogens with zero attached hydrogens (tertiary/aromatic N) is 1. The van der Waals surface area contributed by atoms with Crippen molar-refractivity contribution in [2.75, 3.05) is 6.61 Å². The number of fused-ring (bicyclic) bond motifs is 1. The third-order valence-electron chi connectivity index (χ3n) is 3.35. The molecular formula is C13H24NO17P3. The van der Waals surface area contributed by atoms with Gasteiger partial charge in [0.15, 0.2) is 11.7 Å². The Kier molecular flexibility index (Phi) is 12.8. The molecule has 0 bridgehead atoms. The third kappa shape index (κ3) is 15.7. The van der Waals surface area contributed by atoms with Crippen molar-refractivity contribution in [1.29, 1.82) is 0 Å². The molecule has 198 valence electrons. The number of rotatable bonds is 2. The van der Waals surface area contributed by atoms with Gasteiger partial charge in [-0.3, -0.25) is 0 Å². The molecule has 1 aliphatic heterocycles. The van der Waals surface area contributed by atoms with E-state index in [0.717, 1.165) is 5.56 Å². The van der Waals surface area contributed by atoms with Gasteiger partial charge in [0.2, 0.25) is 5.89 Å². The maximum atomic E-state index is 9.91. The van der Waals surface area contributed by atoms with E-state index in [2.05, 4.69) is 4.98 Å². The highest BCUT2D eigenvalue weighted by Crippen LogP contribution is 2.34. The summed E-state index contributed by atoms with van der Waals surface area (Å²) >= 11 is 0. The standard InChI is InChI=1S/C13H15NO5.3H3O4P/c1-6-2-3-8-7(4-6)14-13(19-8)12-11(17)10(16)9(5-15)18-12;3*1-5(2,3)4/h2-4,9-12,15-17H,5H2,1H3;3*(H3,1,2,3,4)/t9-,10-,11-,12-;;;/m1.../s1. The van der Waals surface area contributed by atoms with E-state index < -0.39 is 47.9 Å². The van der Waals surface area contributed by atoms with Crippen LogP contribution in [0, 0.1) is 6.92 Å². The number of hydrogen-bond acceptors (Lipinski definition) is 9. The van der Waals surface area contributed by atoms with E-state index >= 15 is 0 Å². The minimum absolute atomic E-state index is 0.211. The fourth-order valence-electron chi connectivity index (χ4n) is 2.28. The molecule has 0 radical (unpaired) electrons. The minimum Gasteiger partial charge on any atom is -0.438 e. The predicted molar refractivity (Wildman–Crippen MR) is 108 cm³/mol.